The normalized spacial score (nSPS) is 16.7. The van der Waals surface area contributed by atoms with Gasteiger partial charge in [-0.3, -0.25) is 4.79 Å². The van der Waals surface area contributed by atoms with Crippen molar-refractivity contribution in [2.45, 2.75) is 39.7 Å². The number of benzene rings is 2. The van der Waals surface area contributed by atoms with Crippen LogP contribution in [0.2, 0.25) is 0 Å². The molecule has 0 saturated carbocycles. The molecule has 0 fully saturated rings. The Morgan fingerprint density at radius 3 is 2.36 bits per heavy atom. The summed E-state index contributed by atoms with van der Waals surface area (Å²) in [6.07, 6.45) is 1.74. The quantitative estimate of drug-likeness (QED) is 0.815. The van der Waals surface area contributed by atoms with Crippen molar-refractivity contribution in [3.05, 3.63) is 65.2 Å². The van der Waals surface area contributed by atoms with E-state index in [1.54, 1.807) is 11.9 Å². The molecule has 0 unspecified atom stereocenters. The van der Waals surface area contributed by atoms with Crippen LogP contribution in [0.4, 0.5) is 0 Å². The lowest BCUT2D eigenvalue weighted by molar-refractivity contribution is -0.130. The average molecular weight is 336 g/mol. The average Bonchev–Trinajstić information content (AvgIpc) is 3.08. The van der Waals surface area contributed by atoms with Crippen LogP contribution < -0.4 is 4.74 Å². The largest absolute Gasteiger partial charge is 0.494 e. The first-order chi connectivity index (χ1) is 12.1. The lowest BCUT2D eigenvalue weighted by atomic mass is 9.97. The van der Waals surface area contributed by atoms with Crippen molar-refractivity contribution in [1.82, 2.24) is 5.01 Å². The Kier molecular flexibility index (Phi) is 5.17. The zero-order chi connectivity index (χ0) is 17.8. The molecule has 1 aliphatic heterocycles. The highest BCUT2D eigenvalue weighted by atomic mass is 16.5. The molecule has 130 valence electrons. The van der Waals surface area contributed by atoms with E-state index >= 15 is 0 Å². The zero-order valence-corrected chi connectivity index (χ0v) is 15.0. The Morgan fingerprint density at radius 1 is 1.12 bits per heavy atom. The SMILES string of the molecule is CCOc1ccc([C@@H]2CC(c3ccc(CC)cc3)=NN2C(C)=O)cc1. The number of carbonyl (C=O) groups is 1. The Balaban J connectivity index is 1.84. The highest BCUT2D eigenvalue weighted by Crippen LogP contribution is 2.33. The molecular weight excluding hydrogens is 312 g/mol. The number of nitrogens with zero attached hydrogens (tertiary/aromatic N) is 2. The van der Waals surface area contributed by atoms with Crippen LogP contribution in [-0.4, -0.2) is 23.2 Å². The number of amides is 1. The number of hydrogen-bond acceptors (Lipinski definition) is 3. The first kappa shape index (κ1) is 17.2. The molecule has 1 atom stereocenters. The van der Waals surface area contributed by atoms with Crippen LogP contribution in [-0.2, 0) is 11.2 Å². The topological polar surface area (TPSA) is 41.9 Å². The Labute approximate surface area is 149 Å². The fraction of sp³-hybridized carbons (Fsp3) is 0.333. The second-order valence-corrected chi connectivity index (χ2v) is 6.18. The van der Waals surface area contributed by atoms with Gasteiger partial charge in [-0.1, -0.05) is 43.3 Å². The number of hydrogen-bond donors (Lipinski definition) is 0. The van der Waals surface area contributed by atoms with E-state index in [1.807, 2.05) is 31.2 Å². The summed E-state index contributed by atoms with van der Waals surface area (Å²) in [4.78, 5) is 12.1. The number of aryl methyl sites for hydroxylation is 1. The number of hydrazone groups is 1. The van der Waals surface area contributed by atoms with Gasteiger partial charge in [-0.15, -0.1) is 0 Å². The van der Waals surface area contributed by atoms with E-state index in [1.165, 1.54) is 5.56 Å². The van der Waals surface area contributed by atoms with E-state index in [2.05, 4.69) is 36.3 Å². The molecule has 1 amide bonds. The lowest BCUT2D eigenvalue weighted by Gasteiger charge is -2.20. The predicted molar refractivity (Wildman–Crippen MR) is 99.8 cm³/mol. The summed E-state index contributed by atoms with van der Waals surface area (Å²) < 4.78 is 5.50. The van der Waals surface area contributed by atoms with Gasteiger partial charge in [0, 0.05) is 13.3 Å². The van der Waals surface area contributed by atoms with Gasteiger partial charge < -0.3 is 4.74 Å². The minimum absolute atomic E-state index is 0.0425. The molecule has 4 heteroatoms. The molecule has 0 radical (unpaired) electrons. The minimum atomic E-state index is -0.0611. The van der Waals surface area contributed by atoms with Crippen LogP contribution in [0.3, 0.4) is 0 Å². The van der Waals surface area contributed by atoms with E-state index in [9.17, 15) is 4.79 Å². The molecule has 0 aromatic heterocycles. The van der Waals surface area contributed by atoms with Crippen molar-refractivity contribution in [3.63, 3.8) is 0 Å². The van der Waals surface area contributed by atoms with Gasteiger partial charge in [0.1, 0.15) is 5.75 Å². The van der Waals surface area contributed by atoms with Crippen LogP contribution in [0.25, 0.3) is 0 Å². The van der Waals surface area contributed by atoms with Crippen molar-refractivity contribution in [2.24, 2.45) is 5.10 Å². The van der Waals surface area contributed by atoms with Crippen LogP contribution in [0, 0.1) is 0 Å². The van der Waals surface area contributed by atoms with Gasteiger partial charge in [0.15, 0.2) is 0 Å². The monoisotopic (exact) mass is 336 g/mol. The third kappa shape index (κ3) is 3.73. The molecule has 2 aromatic carbocycles. The lowest BCUT2D eigenvalue weighted by Crippen LogP contribution is -2.24. The molecule has 3 rings (SSSR count). The maximum Gasteiger partial charge on any atom is 0.240 e. The summed E-state index contributed by atoms with van der Waals surface area (Å²) in [7, 11) is 0. The molecule has 25 heavy (non-hydrogen) atoms. The predicted octanol–water partition coefficient (Wildman–Crippen LogP) is 4.35. The maximum absolute atomic E-state index is 12.1. The van der Waals surface area contributed by atoms with E-state index in [0.717, 1.165) is 35.4 Å². The highest BCUT2D eigenvalue weighted by molar-refractivity contribution is 6.03. The molecule has 0 bridgehead atoms. The van der Waals surface area contributed by atoms with Gasteiger partial charge in [-0.2, -0.15) is 5.10 Å². The van der Waals surface area contributed by atoms with Gasteiger partial charge in [0.25, 0.3) is 0 Å². The van der Waals surface area contributed by atoms with Gasteiger partial charge in [0.2, 0.25) is 5.91 Å². The van der Waals surface area contributed by atoms with Crippen LogP contribution >= 0.6 is 0 Å². The summed E-state index contributed by atoms with van der Waals surface area (Å²) in [6, 6.07) is 16.3. The summed E-state index contributed by atoms with van der Waals surface area (Å²) >= 11 is 0. The van der Waals surface area contributed by atoms with Crippen molar-refractivity contribution in [1.29, 1.82) is 0 Å². The third-order valence-electron chi connectivity index (χ3n) is 4.50. The second kappa shape index (κ2) is 7.51. The summed E-state index contributed by atoms with van der Waals surface area (Å²) in [5, 5.41) is 6.20. The molecule has 2 aromatic rings. The number of carbonyl (C=O) groups excluding carboxylic acids is 1. The smallest absolute Gasteiger partial charge is 0.240 e. The molecule has 1 aliphatic rings. The Morgan fingerprint density at radius 2 is 1.80 bits per heavy atom. The number of ether oxygens (including phenoxy) is 1. The standard InChI is InChI=1S/C21H24N2O2/c1-4-16-6-8-17(9-7-16)20-14-21(23(22-20)15(3)24)18-10-12-19(13-11-18)25-5-2/h6-13,21H,4-5,14H2,1-3H3/t21-/m0/s1. The van der Waals surface area contributed by atoms with E-state index in [0.29, 0.717) is 6.61 Å². The van der Waals surface area contributed by atoms with Crippen molar-refractivity contribution >= 4 is 11.6 Å². The van der Waals surface area contributed by atoms with Gasteiger partial charge in [0.05, 0.1) is 18.4 Å². The van der Waals surface area contributed by atoms with Gasteiger partial charge in [-0.25, -0.2) is 5.01 Å². The molecule has 0 saturated heterocycles. The summed E-state index contributed by atoms with van der Waals surface area (Å²) in [6.45, 7) is 6.31. The van der Waals surface area contributed by atoms with Crippen LogP contribution in [0.1, 0.15) is 49.9 Å². The van der Waals surface area contributed by atoms with Crippen molar-refractivity contribution in [3.8, 4) is 5.75 Å². The number of rotatable bonds is 5. The van der Waals surface area contributed by atoms with E-state index in [-0.39, 0.29) is 11.9 Å². The zero-order valence-electron chi connectivity index (χ0n) is 15.0. The van der Waals surface area contributed by atoms with Crippen molar-refractivity contribution in [2.75, 3.05) is 6.61 Å². The summed E-state index contributed by atoms with van der Waals surface area (Å²) in [5.74, 6) is 0.800. The minimum Gasteiger partial charge on any atom is -0.494 e. The Bertz CT molecular complexity index is 763. The molecule has 1 heterocycles. The molecule has 0 aliphatic carbocycles. The van der Waals surface area contributed by atoms with Crippen LogP contribution in [0.5, 0.6) is 5.75 Å². The fourth-order valence-electron chi connectivity index (χ4n) is 3.12. The van der Waals surface area contributed by atoms with Crippen LogP contribution in [0.15, 0.2) is 53.6 Å². The second-order valence-electron chi connectivity index (χ2n) is 6.18. The summed E-state index contributed by atoms with van der Waals surface area (Å²) in [5.41, 5.74) is 4.41. The maximum atomic E-state index is 12.1. The first-order valence-electron chi connectivity index (χ1n) is 8.81. The van der Waals surface area contributed by atoms with Gasteiger partial charge in [-0.05, 0) is 42.2 Å². The molecule has 4 nitrogen and oxygen atoms in total. The highest BCUT2D eigenvalue weighted by Gasteiger charge is 2.31. The first-order valence-corrected chi connectivity index (χ1v) is 8.81. The molecular formula is C21H24N2O2. The Hall–Kier alpha value is -2.62. The molecule has 0 N–H and O–H groups in total. The van der Waals surface area contributed by atoms with E-state index < -0.39 is 0 Å². The van der Waals surface area contributed by atoms with E-state index in [4.69, 9.17) is 4.74 Å². The van der Waals surface area contributed by atoms with Gasteiger partial charge >= 0.3 is 0 Å². The third-order valence-corrected chi connectivity index (χ3v) is 4.50. The van der Waals surface area contributed by atoms with Crippen molar-refractivity contribution < 1.29 is 9.53 Å². The fourth-order valence-corrected chi connectivity index (χ4v) is 3.12. The molecule has 0 spiro atoms.